The van der Waals surface area contributed by atoms with Crippen LogP contribution in [0.25, 0.3) is 0 Å². The fourth-order valence-electron chi connectivity index (χ4n) is 7.73. The van der Waals surface area contributed by atoms with Gasteiger partial charge >= 0.3 is 0 Å². The Labute approximate surface area is 153 Å². The summed E-state index contributed by atoms with van der Waals surface area (Å²) in [6.07, 6.45) is 11.0. The van der Waals surface area contributed by atoms with Gasteiger partial charge in [0.05, 0.1) is 12.2 Å². The second kappa shape index (κ2) is 5.94. The summed E-state index contributed by atoms with van der Waals surface area (Å²) in [5.74, 6) is 1.03. The van der Waals surface area contributed by atoms with Crippen molar-refractivity contribution in [2.24, 2.45) is 34.5 Å². The Balaban J connectivity index is 1.72. The second-order valence-electron chi connectivity index (χ2n) is 10.8. The minimum absolute atomic E-state index is 0.0959. The van der Waals surface area contributed by atoms with Gasteiger partial charge in [-0.1, -0.05) is 26.7 Å². The monoisotopic (exact) mass is 350 g/mol. The molecule has 0 amide bonds. The molecule has 4 aliphatic carbocycles. The number of hydrogen-bond donors (Lipinski definition) is 2. The highest BCUT2D eigenvalue weighted by molar-refractivity contribution is 5.11. The van der Waals surface area contributed by atoms with Gasteiger partial charge in [0.1, 0.15) is 0 Å². The molecule has 0 aliphatic heterocycles. The number of hydrogen-bond acceptors (Lipinski definition) is 3. The van der Waals surface area contributed by atoms with Crippen LogP contribution in [-0.2, 0) is 4.74 Å². The number of aliphatic hydroxyl groups is 2. The van der Waals surface area contributed by atoms with Crippen LogP contribution in [0.1, 0.15) is 85.5 Å². The van der Waals surface area contributed by atoms with Crippen LogP contribution in [0.2, 0.25) is 0 Å². The molecule has 25 heavy (non-hydrogen) atoms. The molecule has 4 unspecified atom stereocenters. The molecule has 2 N–H and O–H groups in total. The second-order valence-corrected chi connectivity index (χ2v) is 10.8. The van der Waals surface area contributed by atoms with Crippen LogP contribution >= 0.6 is 0 Å². The van der Waals surface area contributed by atoms with E-state index < -0.39 is 5.79 Å². The average Bonchev–Trinajstić information content (AvgIpc) is 2.82. The number of ether oxygens (including phenoxy) is 1. The molecule has 144 valence electrons. The van der Waals surface area contributed by atoms with Crippen molar-refractivity contribution in [1.82, 2.24) is 0 Å². The average molecular weight is 351 g/mol. The van der Waals surface area contributed by atoms with E-state index in [9.17, 15) is 10.2 Å². The summed E-state index contributed by atoms with van der Waals surface area (Å²) in [7, 11) is 0. The van der Waals surface area contributed by atoms with Gasteiger partial charge in [-0.15, -0.1) is 0 Å². The Kier molecular flexibility index (Phi) is 4.34. The van der Waals surface area contributed by atoms with E-state index >= 15 is 0 Å². The molecule has 3 nitrogen and oxygen atoms in total. The van der Waals surface area contributed by atoms with Crippen LogP contribution in [-0.4, -0.2) is 28.2 Å². The molecular formula is C22H38O3. The predicted octanol–water partition coefficient (Wildman–Crippen LogP) is 4.50. The van der Waals surface area contributed by atoms with Crippen LogP contribution in [0.15, 0.2) is 0 Å². The van der Waals surface area contributed by atoms with Gasteiger partial charge in [-0.05, 0) is 93.3 Å². The molecule has 8 atom stereocenters. The Bertz CT molecular complexity index is 512. The summed E-state index contributed by atoms with van der Waals surface area (Å²) >= 11 is 0. The van der Waals surface area contributed by atoms with Gasteiger partial charge in [0.15, 0.2) is 5.79 Å². The standard InChI is InChI=1S/C22H38O3/c1-20(2,24)25-17-13-14-7-5-6-10-22(14,4)15-8-11-21(3)12-9-16(23)19(21)18(15)17/h14-19,23-24H,5-13H2,1-4H3/t14?,15?,16-,17+,18?,19?,21-,22+/m1/s1. The van der Waals surface area contributed by atoms with Gasteiger partial charge < -0.3 is 14.9 Å². The molecule has 0 heterocycles. The molecule has 0 bridgehead atoms. The van der Waals surface area contributed by atoms with E-state index in [2.05, 4.69) is 13.8 Å². The molecule has 4 fully saturated rings. The summed E-state index contributed by atoms with van der Waals surface area (Å²) in [5.41, 5.74) is 0.672. The molecule has 0 aromatic rings. The zero-order valence-corrected chi connectivity index (χ0v) is 16.6. The molecule has 0 aromatic carbocycles. The largest absolute Gasteiger partial charge is 0.393 e. The van der Waals surface area contributed by atoms with Crippen molar-refractivity contribution in [2.45, 2.75) is 103 Å². The fraction of sp³-hybridized carbons (Fsp3) is 1.00. The normalized spacial score (nSPS) is 53.0. The molecule has 0 radical (unpaired) electrons. The quantitative estimate of drug-likeness (QED) is 0.721. The van der Waals surface area contributed by atoms with Crippen LogP contribution in [0.3, 0.4) is 0 Å². The van der Waals surface area contributed by atoms with Crippen LogP contribution in [0.4, 0.5) is 0 Å². The first-order valence-electron chi connectivity index (χ1n) is 10.7. The molecule has 0 saturated heterocycles. The Morgan fingerprint density at radius 1 is 1.00 bits per heavy atom. The first kappa shape index (κ1) is 18.3. The highest BCUT2D eigenvalue weighted by Crippen LogP contribution is 2.66. The highest BCUT2D eigenvalue weighted by Gasteiger charge is 2.62. The predicted molar refractivity (Wildman–Crippen MR) is 98.9 cm³/mol. The highest BCUT2D eigenvalue weighted by atomic mass is 16.6. The lowest BCUT2D eigenvalue weighted by molar-refractivity contribution is -0.266. The number of fused-ring (bicyclic) bond motifs is 5. The fourth-order valence-corrected chi connectivity index (χ4v) is 7.73. The first-order valence-corrected chi connectivity index (χ1v) is 10.7. The lowest BCUT2D eigenvalue weighted by atomic mass is 9.44. The third-order valence-corrected chi connectivity index (χ3v) is 8.82. The van der Waals surface area contributed by atoms with E-state index in [-0.39, 0.29) is 17.6 Å². The van der Waals surface area contributed by atoms with E-state index in [1.54, 1.807) is 13.8 Å². The minimum Gasteiger partial charge on any atom is -0.393 e. The molecule has 4 rings (SSSR count). The summed E-state index contributed by atoms with van der Waals surface area (Å²) < 4.78 is 6.29. The van der Waals surface area contributed by atoms with Crippen molar-refractivity contribution in [3.05, 3.63) is 0 Å². The SMILES string of the molecule is CC(C)(O)O[C@H]1CC2CCCC[C@]2(C)C2CC[C@]3(C)CC[C@@H](O)C3C21. The Morgan fingerprint density at radius 3 is 2.44 bits per heavy atom. The van der Waals surface area contributed by atoms with E-state index in [1.165, 1.54) is 38.5 Å². The molecule has 3 heteroatoms. The zero-order chi connectivity index (χ0) is 18.0. The zero-order valence-electron chi connectivity index (χ0n) is 16.6. The maximum absolute atomic E-state index is 10.9. The third-order valence-electron chi connectivity index (χ3n) is 8.82. The van der Waals surface area contributed by atoms with Crippen molar-refractivity contribution in [2.75, 3.05) is 0 Å². The maximum Gasteiger partial charge on any atom is 0.160 e. The Morgan fingerprint density at radius 2 is 1.72 bits per heavy atom. The Hall–Kier alpha value is -0.120. The van der Waals surface area contributed by atoms with Crippen molar-refractivity contribution in [1.29, 1.82) is 0 Å². The van der Waals surface area contributed by atoms with Crippen molar-refractivity contribution >= 4 is 0 Å². The molecule has 0 spiro atoms. The lowest BCUT2D eigenvalue weighted by Crippen LogP contribution is -2.60. The molecule has 4 aliphatic rings. The van der Waals surface area contributed by atoms with Gasteiger partial charge in [0.25, 0.3) is 0 Å². The number of rotatable bonds is 2. The first-order chi connectivity index (χ1) is 11.6. The summed E-state index contributed by atoms with van der Waals surface area (Å²) in [4.78, 5) is 0. The van der Waals surface area contributed by atoms with Crippen LogP contribution in [0.5, 0.6) is 0 Å². The lowest BCUT2D eigenvalue weighted by Gasteiger charge is -2.62. The van der Waals surface area contributed by atoms with Crippen molar-refractivity contribution < 1.29 is 14.9 Å². The summed E-state index contributed by atoms with van der Waals surface area (Å²) in [5, 5.41) is 21.3. The summed E-state index contributed by atoms with van der Waals surface area (Å²) in [6, 6.07) is 0. The molecule has 0 aromatic heterocycles. The van der Waals surface area contributed by atoms with Gasteiger partial charge in [0.2, 0.25) is 0 Å². The molecular weight excluding hydrogens is 312 g/mol. The van der Waals surface area contributed by atoms with Crippen molar-refractivity contribution in [3.8, 4) is 0 Å². The van der Waals surface area contributed by atoms with E-state index in [1.807, 2.05) is 0 Å². The third kappa shape index (κ3) is 2.89. The van der Waals surface area contributed by atoms with E-state index in [4.69, 9.17) is 4.74 Å². The van der Waals surface area contributed by atoms with Gasteiger partial charge in [0, 0.05) is 0 Å². The summed E-state index contributed by atoms with van der Waals surface area (Å²) in [6.45, 7) is 8.48. The maximum atomic E-state index is 10.9. The van der Waals surface area contributed by atoms with E-state index in [0.717, 1.165) is 25.2 Å². The molecule has 4 saturated carbocycles. The number of aliphatic hydroxyl groups excluding tert-OH is 1. The smallest absolute Gasteiger partial charge is 0.160 e. The van der Waals surface area contributed by atoms with Crippen LogP contribution in [0, 0.1) is 34.5 Å². The topological polar surface area (TPSA) is 49.7 Å². The van der Waals surface area contributed by atoms with Crippen molar-refractivity contribution in [3.63, 3.8) is 0 Å². The van der Waals surface area contributed by atoms with Gasteiger partial charge in [-0.25, -0.2) is 0 Å². The van der Waals surface area contributed by atoms with Gasteiger partial charge in [-0.2, -0.15) is 0 Å². The van der Waals surface area contributed by atoms with Crippen LogP contribution < -0.4 is 0 Å². The minimum atomic E-state index is -1.09. The van der Waals surface area contributed by atoms with E-state index in [0.29, 0.717) is 23.2 Å². The van der Waals surface area contributed by atoms with Gasteiger partial charge in [-0.3, -0.25) is 0 Å².